The maximum absolute atomic E-state index is 10.8. The molecule has 80 valence electrons. The summed E-state index contributed by atoms with van der Waals surface area (Å²) in [6.45, 7) is -0.333. The van der Waals surface area contributed by atoms with Gasteiger partial charge in [-0.25, -0.2) is 8.42 Å². The molecule has 14 heavy (non-hydrogen) atoms. The second-order valence-corrected chi connectivity index (χ2v) is 5.05. The van der Waals surface area contributed by atoms with Gasteiger partial charge in [-0.3, -0.25) is 0 Å². The number of nitrogens with two attached hydrogens (primary N) is 1. The maximum atomic E-state index is 10.8. The monoisotopic (exact) mass is 221 g/mol. The predicted molar refractivity (Wildman–Crippen MR) is 46.9 cm³/mol. The van der Waals surface area contributed by atoms with Gasteiger partial charge in [0, 0.05) is 6.26 Å². The lowest BCUT2D eigenvalue weighted by atomic mass is 10.3. The number of aromatic nitrogens is 2. The maximum Gasteiger partial charge on any atom is 0.245 e. The van der Waals surface area contributed by atoms with Crippen molar-refractivity contribution in [2.24, 2.45) is 5.73 Å². The third-order valence-corrected chi connectivity index (χ3v) is 2.17. The summed E-state index contributed by atoms with van der Waals surface area (Å²) in [7, 11) is -3.18. The van der Waals surface area contributed by atoms with E-state index in [2.05, 4.69) is 14.7 Å². The molecule has 0 radical (unpaired) electrons. The number of hydrogen-bond acceptors (Lipinski definition) is 7. The first kappa shape index (κ1) is 11.1. The number of rotatable bonds is 4. The Morgan fingerprint density at radius 2 is 2.29 bits per heavy atom. The highest BCUT2D eigenvalue weighted by Gasteiger charge is 2.16. The molecule has 1 heterocycles. The molecule has 1 aromatic rings. The third kappa shape index (κ3) is 3.05. The Balaban J connectivity index is 2.79. The minimum Gasteiger partial charge on any atom is -0.394 e. The molecule has 0 amide bonds. The molecule has 1 rings (SSSR count). The zero-order valence-corrected chi connectivity index (χ0v) is 8.36. The Kier molecular flexibility index (Phi) is 3.19. The first-order valence-electron chi connectivity index (χ1n) is 3.79. The fourth-order valence-electron chi connectivity index (χ4n) is 0.789. The second kappa shape index (κ2) is 4.03. The number of aliphatic hydroxyl groups excluding tert-OH is 1. The molecule has 3 N–H and O–H groups in total. The minimum atomic E-state index is -3.18. The van der Waals surface area contributed by atoms with E-state index >= 15 is 0 Å². The van der Waals surface area contributed by atoms with Gasteiger partial charge in [-0.05, 0) is 0 Å². The highest BCUT2D eigenvalue weighted by atomic mass is 32.2. The number of sulfone groups is 1. The van der Waals surface area contributed by atoms with Crippen LogP contribution in [0.5, 0.6) is 0 Å². The fraction of sp³-hybridized carbons (Fsp3) is 0.667. The van der Waals surface area contributed by atoms with Crippen molar-refractivity contribution in [2.45, 2.75) is 11.8 Å². The molecule has 0 fully saturated rings. The van der Waals surface area contributed by atoms with E-state index in [0.29, 0.717) is 0 Å². The van der Waals surface area contributed by atoms with Gasteiger partial charge in [-0.1, -0.05) is 5.16 Å². The standard InChI is InChI=1S/C6H11N3O4S/c1-14(11,12)3-5-8-6(13-9-5)4(7)2-10/h4,10H,2-3,7H2,1H3. The molecule has 7 nitrogen and oxygen atoms in total. The molecule has 0 saturated carbocycles. The van der Waals surface area contributed by atoms with Crippen LogP contribution in [0, 0.1) is 0 Å². The van der Waals surface area contributed by atoms with Gasteiger partial charge in [0.25, 0.3) is 0 Å². The van der Waals surface area contributed by atoms with Gasteiger partial charge in [-0.15, -0.1) is 0 Å². The molecule has 8 heteroatoms. The SMILES string of the molecule is CS(=O)(=O)Cc1noc(C(N)CO)n1. The molecule has 0 saturated heterocycles. The van der Waals surface area contributed by atoms with Crippen LogP contribution in [0.25, 0.3) is 0 Å². The van der Waals surface area contributed by atoms with E-state index in [4.69, 9.17) is 10.8 Å². The summed E-state index contributed by atoms with van der Waals surface area (Å²) in [5.74, 6) is -0.216. The summed E-state index contributed by atoms with van der Waals surface area (Å²) in [5.41, 5.74) is 5.38. The lowest BCUT2D eigenvalue weighted by molar-refractivity contribution is 0.236. The van der Waals surface area contributed by atoms with Gasteiger partial charge < -0.3 is 15.4 Å². The van der Waals surface area contributed by atoms with E-state index in [9.17, 15) is 8.42 Å². The van der Waals surface area contributed by atoms with E-state index in [0.717, 1.165) is 6.26 Å². The molecule has 0 aliphatic heterocycles. The predicted octanol–water partition coefficient (Wildman–Crippen LogP) is -1.39. The Morgan fingerprint density at radius 1 is 1.64 bits per heavy atom. The van der Waals surface area contributed by atoms with Crippen LogP contribution in [0.2, 0.25) is 0 Å². The van der Waals surface area contributed by atoms with Crippen LogP contribution in [0.1, 0.15) is 17.8 Å². The van der Waals surface area contributed by atoms with Crippen molar-refractivity contribution in [2.75, 3.05) is 12.9 Å². The molecule has 1 aromatic heterocycles. The summed E-state index contributed by atoms with van der Waals surface area (Å²) in [4.78, 5) is 3.72. The molecule has 1 atom stereocenters. The van der Waals surface area contributed by atoms with Crippen molar-refractivity contribution >= 4 is 9.84 Å². The Bertz CT molecular complexity index is 399. The van der Waals surface area contributed by atoms with Gasteiger partial charge in [0.2, 0.25) is 5.89 Å². The number of hydrogen-bond donors (Lipinski definition) is 2. The summed E-state index contributed by atoms with van der Waals surface area (Å²) in [6, 6.07) is -0.768. The molecule has 0 spiro atoms. The van der Waals surface area contributed by atoms with Crippen molar-refractivity contribution in [1.82, 2.24) is 10.1 Å². The van der Waals surface area contributed by atoms with Gasteiger partial charge in [0.05, 0.1) is 6.61 Å². The average Bonchev–Trinajstić information content (AvgIpc) is 2.48. The van der Waals surface area contributed by atoms with E-state index in [1.165, 1.54) is 0 Å². The highest BCUT2D eigenvalue weighted by Crippen LogP contribution is 2.07. The first-order valence-corrected chi connectivity index (χ1v) is 5.85. The van der Waals surface area contributed by atoms with Crippen molar-refractivity contribution in [3.8, 4) is 0 Å². The Hall–Kier alpha value is -0.990. The zero-order chi connectivity index (χ0) is 10.8. The van der Waals surface area contributed by atoms with Crippen molar-refractivity contribution in [1.29, 1.82) is 0 Å². The van der Waals surface area contributed by atoms with Gasteiger partial charge in [-0.2, -0.15) is 4.98 Å². The molecular formula is C6H11N3O4S. The normalized spacial score (nSPS) is 14.2. The summed E-state index contributed by atoms with van der Waals surface area (Å²) < 4.78 is 26.3. The van der Waals surface area contributed by atoms with Crippen LogP contribution in [-0.4, -0.2) is 36.5 Å². The van der Waals surface area contributed by atoms with Gasteiger partial charge in [0.15, 0.2) is 15.7 Å². The average molecular weight is 221 g/mol. The largest absolute Gasteiger partial charge is 0.394 e. The topological polar surface area (TPSA) is 119 Å². The van der Waals surface area contributed by atoms with E-state index in [-0.39, 0.29) is 24.1 Å². The summed E-state index contributed by atoms with van der Waals surface area (Å²) in [6.07, 6.45) is 1.06. The van der Waals surface area contributed by atoms with Gasteiger partial charge in [0.1, 0.15) is 11.8 Å². The zero-order valence-electron chi connectivity index (χ0n) is 7.54. The number of nitrogens with zero attached hydrogens (tertiary/aromatic N) is 2. The molecule has 0 bridgehead atoms. The van der Waals surface area contributed by atoms with Crippen LogP contribution in [0.3, 0.4) is 0 Å². The van der Waals surface area contributed by atoms with Crippen LogP contribution in [0.15, 0.2) is 4.52 Å². The molecular weight excluding hydrogens is 210 g/mol. The lowest BCUT2D eigenvalue weighted by Gasteiger charge is -1.98. The van der Waals surface area contributed by atoms with Gasteiger partial charge >= 0.3 is 0 Å². The van der Waals surface area contributed by atoms with Crippen molar-refractivity contribution < 1.29 is 18.0 Å². The fourth-order valence-corrected chi connectivity index (χ4v) is 1.38. The summed E-state index contributed by atoms with van der Waals surface area (Å²) in [5, 5.41) is 12.1. The van der Waals surface area contributed by atoms with Crippen molar-refractivity contribution in [3.63, 3.8) is 0 Å². The van der Waals surface area contributed by atoms with Crippen LogP contribution in [-0.2, 0) is 15.6 Å². The van der Waals surface area contributed by atoms with Crippen LogP contribution in [0.4, 0.5) is 0 Å². The third-order valence-electron chi connectivity index (χ3n) is 1.39. The van der Waals surface area contributed by atoms with E-state index in [1.54, 1.807) is 0 Å². The first-order chi connectivity index (χ1) is 6.42. The highest BCUT2D eigenvalue weighted by molar-refractivity contribution is 7.89. The minimum absolute atomic E-state index is 0.0335. The molecule has 1 unspecified atom stereocenters. The van der Waals surface area contributed by atoms with E-state index in [1.807, 2.05) is 0 Å². The summed E-state index contributed by atoms with van der Waals surface area (Å²) >= 11 is 0. The smallest absolute Gasteiger partial charge is 0.245 e. The molecule has 0 aliphatic carbocycles. The van der Waals surface area contributed by atoms with Crippen LogP contribution >= 0.6 is 0 Å². The Labute approximate surface area is 80.8 Å². The molecule has 0 aliphatic rings. The van der Waals surface area contributed by atoms with E-state index < -0.39 is 15.9 Å². The van der Waals surface area contributed by atoms with Crippen LogP contribution < -0.4 is 5.73 Å². The second-order valence-electron chi connectivity index (χ2n) is 2.91. The Morgan fingerprint density at radius 3 is 2.79 bits per heavy atom. The lowest BCUT2D eigenvalue weighted by Crippen LogP contribution is -2.15. The molecule has 0 aromatic carbocycles. The van der Waals surface area contributed by atoms with Crippen molar-refractivity contribution in [3.05, 3.63) is 11.7 Å². The number of aliphatic hydroxyl groups is 1. The quantitative estimate of drug-likeness (QED) is 0.642.